The average Bonchev–Trinajstić information content (AvgIpc) is 3.54. The van der Waals surface area contributed by atoms with Crippen molar-refractivity contribution in [3.8, 4) is 0 Å². The third-order valence-electron chi connectivity index (χ3n) is 14.0. The summed E-state index contributed by atoms with van der Waals surface area (Å²) in [5.41, 5.74) is 8.51. The van der Waals surface area contributed by atoms with Crippen molar-refractivity contribution in [2.45, 2.75) is 121 Å². The normalized spacial score (nSPS) is 22.7. The first-order chi connectivity index (χ1) is 39.5. The molecule has 416 valence electrons. The highest BCUT2D eigenvalue weighted by molar-refractivity contribution is 5.19. The van der Waals surface area contributed by atoms with Crippen LogP contribution in [0, 0.1) is 0 Å². The van der Waals surface area contributed by atoms with Crippen LogP contribution in [0.15, 0.2) is 243 Å². The number of ether oxygens (including phenoxy) is 10. The molecule has 0 bridgehead atoms. The van der Waals surface area contributed by atoms with Crippen molar-refractivity contribution in [1.29, 1.82) is 0 Å². The molecule has 11 heteroatoms. The highest BCUT2D eigenvalue weighted by Gasteiger charge is 2.49. The third-order valence-corrected chi connectivity index (χ3v) is 14.0. The minimum absolute atomic E-state index is 0.216. The zero-order valence-corrected chi connectivity index (χ0v) is 45.5. The standard InChI is InChI=1S/C35H38O5.C34H36O6/c1-27-33(37-23-29-16-8-3-9-17-29)35(39-25-31-20-12-5-13-21-31)34(38-24-30-18-10-4-11-19-30)32(40-27)26-36-22-28-14-6-2-7-15-28;35-34-33(39-24-29-19-11-4-12-20-29)32(38-23-28-17-9-3-10-18-28)31(37-22-27-15-7-2-8-16-27)30(40-34)25-36-21-26-13-5-1-6-14-26/h2-21,27,32-35H,22-26H2,1H3;1-20,30-35H,21-25H2/t27?,32?,33?,34-,35+;30?,31-,32-,33?,34?/m11/s1. The second kappa shape index (κ2) is 31.9. The van der Waals surface area contributed by atoms with Gasteiger partial charge in [-0.2, -0.15) is 0 Å². The average molecular weight is 1080 g/mol. The van der Waals surface area contributed by atoms with Crippen LogP contribution in [0.4, 0.5) is 0 Å². The molecule has 2 aliphatic heterocycles. The lowest BCUT2D eigenvalue weighted by Crippen LogP contribution is -2.61. The van der Waals surface area contributed by atoms with Gasteiger partial charge in [-0.15, -0.1) is 0 Å². The fraction of sp³-hybridized carbons (Fsp3) is 0.304. The van der Waals surface area contributed by atoms with E-state index in [2.05, 4.69) is 48.5 Å². The largest absolute Gasteiger partial charge is 0.374 e. The van der Waals surface area contributed by atoms with Crippen molar-refractivity contribution in [3.05, 3.63) is 287 Å². The molecule has 8 aromatic carbocycles. The maximum Gasteiger partial charge on any atom is 0.184 e. The van der Waals surface area contributed by atoms with Crippen molar-refractivity contribution in [3.63, 3.8) is 0 Å². The second-order valence-electron chi connectivity index (χ2n) is 20.0. The Morgan fingerprint density at radius 3 is 0.800 bits per heavy atom. The zero-order chi connectivity index (χ0) is 54.8. The molecule has 0 aliphatic carbocycles. The molecular weight excluding hydrogens is 1000 g/mol. The maximum atomic E-state index is 11.2. The number of aliphatic hydroxyl groups is 1. The van der Waals surface area contributed by atoms with Crippen LogP contribution in [0.5, 0.6) is 0 Å². The molecule has 0 saturated carbocycles. The van der Waals surface area contributed by atoms with Gasteiger partial charge in [0.2, 0.25) is 0 Å². The fourth-order valence-electron chi connectivity index (χ4n) is 9.78. The molecule has 10 atom stereocenters. The number of hydrogen-bond acceptors (Lipinski definition) is 11. The summed E-state index contributed by atoms with van der Waals surface area (Å²) < 4.78 is 63.9. The SMILES string of the molecule is CC1OC(COCc2ccccc2)[C@@H](OCc2ccccc2)[C@@H](OCc2ccccc2)C1OCc1ccccc1.OC1OC(COCc2ccccc2)[C@@H](OCc2ccccc2)[C@@H](OCc2ccccc2)C1OCc1ccccc1. The fourth-order valence-corrected chi connectivity index (χ4v) is 9.78. The van der Waals surface area contributed by atoms with Crippen LogP contribution in [0.25, 0.3) is 0 Å². The third kappa shape index (κ3) is 18.2. The molecule has 2 fully saturated rings. The van der Waals surface area contributed by atoms with Crippen molar-refractivity contribution >= 4 is 0 Å². The second-order valence-corrected chi connectivity index (χ2v) is 20.0. The Balaban J connectivity index is 0.000000194. The first kappa shape index (κ1) is 58.0. The van der Waals surface area contributed by atoms with Gasteiger partial charge in [-0.1, -0.05) is 243 Å². The lowest BCUT2D eigenvalue weighted by molar-refractivity contribution is -0.317. The summed E-state index contributed by atoms with van der Waals surface area (Å²) in [5.74, 6) is 0. The summed E-state index contributed by atoms with van der Waals surface area (Å²) in [6.07, 6.45) is -5.33. The minimum Gasteiger partial charge on any atom is -0.374 e. The van der Waals surface area contributed by atoms with Crippen molar-refractivity contribution < 1.29 is 52.5 Å². The topological polar surface area (TPSA) is 113 Å². The van der Waals surface area contributed by atoms with Crippen molar-refractivity contribution in [2.24, 2.45) is 0 Å². The summed E-state index contributed by atoms with van der Waals surface area (Å²) >= 11 is 0. The van der Waals surface area contributed by atoms with Crippen LogP contribution in [0.1, 0.15) is 51.4 Å². The molecule has 2 saturated heterocycles. The van der Waals surface area contributed by atoms with Crippen LogP contribution >= 0.6 is 0 Å². The van der Waals surface area contributed by atoms with E-state index < -0.39 is 36.8 Å². The first-order valence-electron chi connectivity index (χ1n) is 27.7. The Morgan fingerprint density at radius 2 is 0.500 bits per heavy atom. The number of benzene rings is 8. The summed E-state index contributed by atoms with van der Waals surface area (Å²) in [7, 11) is 0. The van der Waals surface area contributed by atoms with Crippen LogP contribution in [0.2, 0.25) is 0 Å². The Kier molecular flexibility index (Phi) is 23.2. The van der Waals surface area contributed by atoms with Crippen LogP contribution in [0.3, 0.4) is 0 Å². The van der Waals surface area contributed by atoms with Crippen molar-refractivity contribution in [1.82, 2.24) is 0 Å². The molecule has 0 radical (unpaired) electrons. The van der Waals surface area contributed by atoms with E-state index in [-0.39, 0.29) is 31.0 Å². The van der Waals surface area contributed by atoms with E-state index in [9.17, 15) is 5.11 Å². The lowest BCUT2D eigenvalue weighted by Gasteiger charge is -2.45. The molecule has 0 spiro atoms. The predicted octanol–water partition coefficient (Wildman–Crippen LogP) is 12.4. The van der Waals surface area contributed by atoms with Crippen LogP contribution in [-0.2, 0) is 100 Å². The van der Waals surface area contributed by atoms with Crippen molar-refractivity contribution in [2.75, 3.05) is 13.2 Å². The van der Waals surface area contributed by atoms with Gasteiger partial charge in [0.15, 0.2) is 6.29 Å². The summed E-state index contributed by atoms with van der Waals surface area (Å²) in [5, 5.41) is 11.2. The van der Waals surface area contributed by atoms with Gasteiger partial charge in [0.1, 0.15) is 48.8 Å². The minimum atomic E-state index is -1.22. The van der Waals surface area contributed by atoms with E-state index in [1.54, 1.807) is 0 Å². The van der Waals surface area contributed by atoms with Gasteiger partial charge in [0, 0.05) is 0 Å². The highest BCUT2D eigenvalue weighted by Crippen LogP contribution is 2.32. The Labute approximate surface area is 471 Å². The monoisotopic (exact) mass is 1080 g/mol. The van der Waals surface area contributed by atoms with Gasteiger partial charge in [0.25, 0.3) is 0 Å². The van der Waals surface area contributed by atoms with Crippen LogP contribution < -0.4 is 0 Å². The molecule has 0 amide bonds. The smallest absolute Gasteiger partial charge is 0.184 e. The Morgan fingerprint density at radius 1 is 0.275 bits per heavy atom. The van der Waals surface area contributed by atoms with E-state index >= 15 is 0 Å². The molecule has 2 heterocycles. The van der Waals surface area contributed by atoms with Gasteiger partial charge < -0.3 is 52.5 Å². The number of aliphatic hydroxyl groups excluding tert-OH is 1. The number of hydrogen-bond donors (Lipinski definition) is 1. The van der Waals surface area contributed by atoms with E-state index in [1.165, 1.54) is 0 Å². The molecular formula is C69H74O11. The van der Waals surface area contributed by atoms with Gasteiger partial charge in [-0.25, -0.2) is 0 Å². The van der Waals surface area contributed by atoms with Gasteiger partial charge >= 0.3 is 0 Å². The molecule has 2 aliphatic rings. The molecule has 80 heavy (non-hydrogen) atoms. The molecule has 1 N–H and O–H groups in total. The van der Waals surface area contributed by atoms with E-state index in [4.69, 9.17) is 47.4 Å². The summed E-state index contributed by atoms with van der Waals surface area (Å²) in [4.78, 5) is 0. The van der Waals surface area contributed by atoms with E-state index in [0.717, 1.165) is 44.5 Å². The lowest BCUT2D eigenvalue weighted by atomic mass is 9.94. The molecule has 6 unspecified atom stereocenters. The van der Waals surface area contributed by atoms with Gasteiger partial charge in [-0.3, -0.25) is 0 Å². The van der Waals surface area contributed by atoms with Gasteiger partial charge in [-0.05, 0) is 51.4 Å². The highest BCUT2D eigenvalue weighted by atomic mass is 16.7. The molecule has 10 rings (SSSR count). The molecule has 8 aromatic rings. The molecule has 11 nitrogen and oxygen atoms in total. The van der Waals surface area contributed by atoms with Gasteiger partial charge in [0.05, 0.1) is 72.2 Å². The maximum absolute atomic E-state index is 11.2. The Bertz CT molecular complexity index is 2670. The predicted molar refractivity (Wildman–Crippen MR) is 308 cm³/mol. The Hall–Kier alpha value is -6.68. The quantitative estimate of drug-likeness (QED) is 0.0559. The number of rotatable bonds is 26. The van der Waals surface area contributed by atoms with E-state index in [1.807, 2.05) is 201 Å². The molecule has 0 aromatic heterocycles. The first-order valence-corrected chi connectivity index (χ1v) is 27.7. The summed E-state index contributed by atoms with van der Waals surface area (Å²) in [6, 6.07) is 80.5. The zero-order valence-electron chi connectivity index (χ0n) is 45.5. The van der Waals surface area contributed by atoms with E-state index in [0.29, 0.717) is 59.5 Å². The van der Waals surface area contributed by atoms with Crippen LogP contribution in [-0.4, -0.2) is 79.5 Å². The summed E-state index contributed by atoms with van der Waals surface area (Å²) in [6.45, 7) is 5.94.